The predicted octanol–water partition coefficient (Wildman–Crippen LogP) is 6.28. The Morgan fingerprint density at radius 1 is 1.12 bits per heavy atom. The van der Waals surface area contributed by atoms with E-state index in [2.05, 4.69) is 31.5 Å². The molecule has 0 fully saturated rings. The number of nitrogens with zero attached hydrogens (tertiary/aromatic N) is 4. The van der Waals surface area contributed by atoms with Gasteiger partial charge in [-0.2, -0.15) is 0 Å². The second-order valence-electron chi connectivity index (χ2n) is 7.24. The Bertz CT molecular complexity index is 1360. The lowest BCUT2D eigenvalue weighted by molar-refractivity contribution is 0.234. The lowest BCUT2D eigenvalue weighted by Gasteiger charge is -2.13. The minimum Gasteiger partial charge on any atom is -0.457 e. The van der Waals surface area contributed by atoms with Crippen molar-refractivity contribution in [2.45, 2.75) is 0 Å². The van der Waals surface area contributed by atoms with E-state index in [-0.39, 0.29) is 6.03 Å². The van der Waals surface area contributed by atoms with Crippen LogP contribution in [0, 0.1) is 0 Å². The number of halogens is 1. The van der Waals surface area contributed by atoms with Crippen LogP contribution < -0.4 is 15.4 Å². The van der Waals surface area contributed by atoms with Crippen molar-refractivity contribution in [3.8, 4) is 11.5 Å². The zero-order valence-corrected chi connectivity index (χ0v) is 19.9. The smallest absolute Gasteiger partial charge is 0.327 e. The van der Waals surface area contributed by atoms with E-state index in [9.17, 15) is 4.79 Å². The molecule has 0 aliphatic carbocycles. The monoisotopic (exact) mass is 522 g/mol. The van der Waals surface area contributed by atoms with Crippen molar-refractivity contribution >= 4 is 62.2 Å². The van der Waals surface area contributed by atoms with Crippen LogP contribution in [0.3, 0.4) is 0 Å². The SMILES string of the molecule is Cn1c(Nc2ccc(Br)cc2)nc2cc(Oc3ccnc(NC(=O)N4C=CSC4)c3)ccc21. The molecule has 0 unspecified atom stereocenters. The second kappa shape index (κ2) is 9.16. The van der Waals surface area contributed by atoms with Gasteiger partial charge in [-0.1, -0.05) is 15.9 Å². The van der Waals surface area contributed by atoms with Gasteiger partial charge in [-0.05, 0) is 47.9 Å². The zero-order valence-electron chi connectivity index (χ0n) is 17.5. The number of hydrogen-bond donors (Lipinski definition) is 2. The van der Waals surface area contributed by atoms with Crippen molar-refractivity contribution in [3.05, 3.63) is 76.9 Å². The summed E-state index contributed by atoms with van der Waals surface area (Å²) in [4.78, 5) is 22.8. The van der Waals surface area contributed by atoms with Crippen LogP contribution in [-0.2, 0) is 7.05 Å². The summed E-state index contributed by atoms with van der Waals surface area (Å²) in [6.45, 7) is 0. The van der Waals surface area contributed by atoms with Crippen LogP contribution in [0.4, 0.5) is 22.2 Å². The number of hydrogen-bond acceptors (Lipinski definition) is 6. The first-order valence-corrected chi connectivity index (χ1v) is 11.9. The highest BCUT2D eigenvalue weighted by Gasteiger charge is 2.15. The maximum Gasteiger partial charge on any atom is 0.327 e. The van der Waals surface area contributed by atoms with Crippen molar-refractivity contribution < 1.29 is 9.53 Å². The fourth-order valence-electron chi connectivity index (χ4n) is 3.29. The Labute approximate surface area is 202 Å². The van der Waals surface area contributed by atoms with Gasteiger partial charge in [0.15, 0.2) is 0 Å². The maximum atomic E-state index is 12.3. The quantitative estimate of drug-likeness (QED) is 0.321. The van der Waals surface area contributed by atoms with Crippen molar-refractivity contribution in [2.75, 3.05) is 16.5 Å². The van der Waals surface area contributed by atoms with Crippen LogP contribution in [0.25, 0.3) is 11.0 Å². The summed E-state index contributed by atoms with van der Waals surface area (Å²) in [5, 5.41) is 7.99. The lowest BCUT2D eigenvalue weighted by Crippen LogP contribution is -2.28. The maximum absolute atomic E-state index is 12.3. The van der Waals surface area contributed by atoms with Crippen LogP contribution in [0.2, 0.25) is 0 Å². The number of fused-ring (bicyclic) bond motifs is 1. The third-order valence-corrected chi connectivity index (χ3v) is 6.24. The molecule has 4 aromatic rings. The summed E-state index contributed by atoms with van der Waals surface area (Å²) in [5.74, 6) is 2.94. The van der Waals surface area contributed by atoms with Crippen LogP contribution in [0.1, 0.15) is 0 Å². The average molecular weight is 523 g/mol. The van der Waals surface area contributed by atoms with Gasteiger partial charge in [0.1, 0.15) is 17.3 Å². The van der Waals surface area contributed by atoms with E-state index in [4.69, 9.17) is 9.72 Å². The van der Waals surface area contributed by atoms with Gasteiger partial charge in [-0.3, -0.25) is 10.2 Å². The Morgan fingerprint density at radius 2 is 1.94 bits per heavy atom. The highest BCUT2D eigenvalue weighted by atomic mass is 79.9. The van der Waals surface area contributed by atoms with Gasteiger partial charge in [0, 0.05) is 41.7 Å². The van der Waals surface area contributed by atoms with E-state index in [0.29, 0.717) is 23.2 Å². The Kier molecular flexibility index (Phi) is 5.93. The Morgan fingerprint density at radius 3 is 2.73 bits per heavy atom. The molecule has 33 heavy (non-hydrogen) atoms. The topological polar surface area (TPSA) is 84.3 Å². The van der Waals surface area contributed by atoms with E-state index < -0.39 is 0 Å². The van der Waals surface area contributed by atoms with Crippen molar-refractivity contribution in [1.82, 2.24) is 19.4 Å². The molecule has 2 N–H and O–H groups in total. The number of carbonyl (C=O) groups is 1. The molecule has 166 valence electrons. The van der Waals surface area contributed by atoms with Crippen LogP contribution >= 0.6 is 27.7 Å². The number of urea groups is 1. The zero-order chi connectivity index (χ0) is 22.8. The lowest BCUT2D eigenvalue weighted by atomic mass is 10.3. The first kappa shape index (κ1) is 21.4. The molecule has 1 aliphatic heterocycles. The third kappa shape index (κ3) is 4.81. The van der Waals surface area contributed by atoms with Gasteiger partial charge >= 0.3 is 6.03 Å². The van der Waals surface area contributed by atoms with E-state index in [1.54, 1.807) is 41.2 Å². The standard InChI is InChI=1S/C23H19BrN6O2S/c1-29-20-7-6-17(12-19(20)27-22(29)26-16-4-2-15(24)3-5-16)32-18-8-9-25-21(13-18)28-23(31)30-10-11-33-14-30/h2-13H,14H2,1H3,(H,26,27)(H,25,28,31). The summed E-state index contributed by atoms with van der Waals surface area (Å²) in [7, 11) is 1.96. The molecular weight excluding hydrogens is 504 g/mol. The molecule has 8 nitrogen and oxygen atoms in total. The largest absolute Gasteiger partial charge is 0.457 e. The number of rotatable bonds is 5. The normalized spacial score (nSPS) is 12.8. The third-order valence-electron chi connectivity index (χ3n) is 4.97. The molecule has 0 bridgehead atoms. The van der Waals surface area contributed by atoms with Crippen molar-refractivity contribution in [2.24, 2.45) is 7.05 Å². The number of thioether (sulfide) groups is 1. The fourth-order valence-corrected chi connectivity index (χ4v) is 4.23. The molecule has 0 saturated heterocycles. The summed E-state index contributed by atoms with van der Waals surface area (Å²) < 4.78 is 9.03. The van der Waals surface area contributed by atoms with Crippen LogP contribution in [0.15, 0.2) is 76.9 Å². The first-order chi connectivity index (χ1) is 16.0. The number of anilines is 3. The first-order valence-electron chi connectivity index (χ1n) is 10.0. The molecule has 5 rings (SSSR count). The van der Waals surface area contributed by atoms with Crippen molar-refractivity contribution in [1.29, 1.82) is 0 Å². The molecule has 0 saturated carbocycles. The number of amides is 2. The van der Waals surface area contributed by atoms with Gasteiger partial charge < -0.3 is 14.6 Å². The molecule has 0 atom stereocenters. The second-order valence-corrected chi connectivity index (χ2v) is 9.02. The molecular formula is C23H19BrN6O2S. The molecule has 2 amide bonds. The number of ether oxygens (including phenoxy) is 1. The molecule has 10 heteroatoms. The number of imidazole rings is 1. The number of aromatic nitrogens is 3. The Hall–Kier alpha value is -3.50. The molecule has 2 aromatic heterocycles. The van der Waals surface area contributed by atoms with E-state index in [1.807, 2.05) is 59.5 Å². The molecule has 3 heterocycles. The Balaban J connectivity index is 1.32. The predicted molar refractivity (Wildman–Crippen MR) is 135 cm³/mol. The number of pyridine rings is 1. The highest BCUT2D eigenvalue weighted by molar-refractivity contribution is 9.10. The highest BCUT2D eigenvalue weighted by Crippen LogP contribution is 2.29. The van der Waals surface area contributed by atoms with E-state index in [0.717, 1.165) is 27.1 Å². The van der Waals surface area contributed by atoms with Gasteiger partial charge in [0.25, 0.3) is 0 Å². The van der Waals surface area contributed by atoms with Gasteiger partial charge in [0.05, 0.1) is 16.9 Å². The summed E-state index contributed by atoms with van der Waals surface area (Å²) in [6.07, 6.45) is 3.33. The average Bonchev–Trinajstić information content (AvgIpc) is 3.45. The minimum atomic E-state index is -0.235. The number of benzene rings is 2. The summed E-state index contributed by atoms with van der Waals surface area (Å²) >= 11 is 5.00. The summed E-state index contributed by atoms with van der Waals surface area (Å²) in [5.41, 5.74) is 2.72. The summed E-state index contributed by atoms with van der Waals surface area (Å²) in [6, 6.07) is 16.8. The van der Waals surface area contributed by atoms with Gasteiger partial charge in [-0.25, -0.2) is 14.8 Å². The van der Waals surface area contributed by atoms with E-state index >= 15 is 0 Å². The molecule has 1 aliphatic rings. The van der Waals surface area contributed by atoms with Crippen molar-refractivity contribution in [3.63, 3.8) is 0 Å². The number of nitrogens with one attached hydrogen (secondary N) is 2. The number of aryl methyl sites for hydroxylation is 1. The minimum absolute atomic E-state index is 0.235. The molecule has 0 radical (unpaired) electrons. The van der Waals surface area contributed by atoms with Crippen LogP contribution in [-0.4, -0.2) is 31.3 Å². The number of carbonyl (C=O) groups excluding carboxylic acids is 1. The van der Waals surface area contributed by atoms with Gasteiger partial charge in [-0.15, -0.1) is 11.8 Å². The molecule has 2 aromatic carbocycles. The van der Waals surface area contributed by atoms with Crippen LogP contribution in [0.5, 0.6) is 11.5 Å². The molecule has 0 spiro atoms. The van der Waals surface area contributed by atoms with Gasteiger partial charge in [0.2, 0.25) is 5.95 Å². The fraction of sp³-hybridized carbons (Fsp3) is 0.0870. The van der Waals surface area contributed by atoms with E-state index in [1.165, 1.54) is 0 Å².